The summed E-state index contributed by atoms with van der Waals surface area (Å²) >= 11 is 0. The van der Waals surface area contributed by atoms with E-state index in [-0.39, 0.29) is 11.8 Å². The number of carbonyl (C=O) groups is 1. The van der Waals surface area contributed by atoms with Gasteiger partial charge in [0.25, 0.3) is 0 Å². The molecule has 1 atom stereocenters. The first-order chi connectivity index (χ1) is 12.8. The van der Waals surface area contributed by atoms with Gasteiger partial charge in [-0.25, -0.2) is 4.98 Å². The number of amides is 1. The number of hydrogen-bond donors (Lipinski definition) is 1. The van der Waals surface area contributed by atoms with Crippen molar-refractivity contribution in [3.8, 4) is 5.75 Å². The molecule has 2 heterocycles. The Bertz CT molecular complexity index is 688. The summed E-state index contributed by atoms with van der Waals surface area (Å²) in [5, 5.41) is 3.10. The zero-order valence-electron chi connectivity index (χ0n) is 15.4. The zero-order valence-corrected chi connectivity index (χ0v) is 15.4. The maximum Gasteiger partial charge on any atom is 0.224 e. The van der Waals surface area contributed by atoms with Crippen molar-refractivity contribution in [2.45, 2.75) is 26.2 Å². The molecule has 1 saturated heterocycles. The van der Waals surface area contributed by atoms with Crippen molar-refractivity contribution >= 4 is 11.7 Å². The van der Waals surface area contributed by atoms with Gasteiger partial charge in [-0.3, -0.25) is 4.79 Å². The van der Waals surface area contributed by atoms with Crippen LogP contribution in [-0.4, -0.2) is 37.1 Å². The molecule has 1 N–H and O–H groups in total. The van der Waals surface area contributed by atoms with Crippen LogP contribution >= 0.6 is 0 Å². The number of nitrogens with zero attached hydrogens (tertiary/aromatic N) is 2. The Balaban J connectivity index is 1.45. The molecule has 1 amide bonds. The van der Waals surface area contributed by atoms with Crippen molar-refractivity contribution in [3.63, 3.8) is 0 Å². The standard InChI is InChI=1S/C21H27N3O2/c1-2-26-19-10-8-17(9-11-19)12-14-23-21(25)18-6-5-15-24(16-18)20-7-3-4-13-22-20/h3-4,7-11,13,18H,2,5-6,12,14-16H2,1H3,(H,23,25)/t18-/m1/s1. The van der Waals surface area contributed by atoms with Crippen molar-refractivity contribution in [1.29, 1.82) is 0 Å². The van der Waals surface area contributed by atoms with Gasteiger partial charge in [-0.05, 0) is 56.0 Å². The van der Waals surface area contributed by atoms with Gasteiger partial charge in [0.15, 0.2) is 0 Å². The SMILES string of the molecule is CCOc1ccc(CCNC(=O)[C@@H]2CCCN(c3ccccn3)C2)cc1. The number of pyridine rings is 1. The fraction of sp³-hybridized carbons (Fsp3) is 0.429. The summed E-state index contributed by atoms with van der Waals surface area (Å²) in [5.41, 5.74) is 1.20. The average molecular weight is 353 g/mol. The van der Waals surface area contributed by atoms with Gasteiger partial charge in [0.05, 0.1) is 12.5 Å². The molecule has 0 spiro atoms. The topological polar surface area (TPSA) is 54.5 Å². The normalized spacial score (nSPS) is 17.0. The Morgan fingerprint density at radius 2 is 2.12 bits per heavy atom. The summed E-state index contributed by atoms with van der Waals surface area (Å²) in [6.45, 7) is 5.02. The third-order valence-corrected chi connectivity index (χ3v) is 4.71. The molecule has 1 aromatic heterocycles. The Morgan fingerprint density at radius 3 is 2.85 bits per heavy atom. The van der Waals surface area contributed by atoms with Crippen molar-refractivity contribution in [1.82, 2.24) is 10.3 Å². The van der Waals surface area contributed by atoms with Crippen LogP contribution in [0.4, 0.5) is 5.82 Å². The quantitative estimate of drug-likeness (QED) is 0.831. The highest BCUT2D eigenvalue weighted by molar-refractivity contribution is 5.79. The average Bonchev–Trinajstić information content (AvgIpc) is 2.70. The Hall–Kier alpha value is -2.56. The van der Waals surface area contributed by atoms with Crippen molar-refractivity contribution in [2.75, 3.05) is 31.1 Å². The van der Waals surface area contributed by atoms with Crippen molar-refractivity contribution in [3.05, 3.63) is 54.2 Å². The van der Waals surface area contributed by atoms with Gasteiger partial charge in [0, 0.05) is 25.8 Å². The van der Waals surface area contributed by atoms with E-state index in [2.05, 4.69) is 27.3 Å². The van der Waals surface area contributed by atoms with Crippen LogP contribution in [0.5, 0.6) is 5.75 Å². The lowest BCUT2D eigenvalue weighted by Crippen LogP contribution is -2.43. The molecule has 0 aliphatic carbocycles. The second-order valence-corrected chi connectivity index (χ2v) is 6.59. The summed E-state index contributed by atoms with van der Waals surface area (Å²) in [6, 6.07) is 14.0. The van der Waals surface area contributed by atoms with E-state index in [4.69, 9.17) is 4.74 Å². The number of hydrogen-bond acceptors (Lipinski definition) is 4. The van der Waals surface area contributed by atoms with E-state index in [1.807, 2.05) is 37.3 Å². The third-order valence-electron chi connectivity index (χ3n) is 4.71. The van der Waals surface area contributed by atoms with Crippen LogP contribution < -0.4 is 15.0 Å². The molecule has 1 fully saturated rings. The van der Waals surface area contributed by atoms with Gasteiger partial charge in [-0.1, -0.05) is 18.2 Å². The highest BCUT2D eigenvalue weighted by Gasteiger charge is 2.26. The molecule has 0 unspecified atom stereocenters. The molecule has 26 heavy (non-hydrogen) atoms. The molecule has 1 aromatic carbocycles. The summed E-state index contributed by atoms with van der Waals surface area (Å²) in [5.74, 6) is 2.03. The smallest absolute Gasteiger partial charge is 0.224 e. The summed E-state index contributed by atoms with van der Waals surface area (Å²) in [4.78, 5) is 19.1. The fourth-order valence-corrected chi connectivity index (χ4v) is 3.33. The van der Waals surface area contributed by atoms with E-state index < -0.39 is 0 Å². The lowest BCUT2D eigenvalue weighted by atomic mass is 9.97. The number of benzene rings is 1. The monoisotopic (exact) mass is 353 g/mol. The summed E-state index contributed by atoms with van der Waals surface area (Å²) < 4.78 is 5.45. The molecule has 5 nitrogen and oxygen atoms in total. The highest BCUT2D eigenvalue weighted by Crippen LogP contribution is 2.21. The van der Waals surface area contributed by atoms with Gasteiger partial charge < -0.3 is 15.0 Å². The minimum Gasteiger partial charge on any atom is -0.494 e. The van der Waals surface area contributed by atoms with Crippen molar-refractivity contribution < 1.29 is 9.53 Å². The highest BCUT2D eigenvalue weighted by atomic mass is 16.5. The first-order valence-corrected chi connectivity index (χ1v) is 9.41. The van der Waals surface area contributed by atoms with Crippen LogP contribution in [0.1, 0.15) is 25.3 Å². The summed E-state index contributed by atoms with van der Waals surface area (Å²) in [6.07, 6.45) is 4.59. The lowest BCUT2D eigenvalue weighted by molar-refractivity contribution is -0.125. The van der Waals surface area contributed by atoms with Gasteiger partial charge in [-0.2, -0.15) is 0 Å². The maximum atomic E-state index is 12.5. The van der Waals surface area contributed by atoms with Crippen LogP contribution in [0.15, 0.2) is 48.7 Å². The molecule has 2 aromatic rings. The van der Waals surface area contributed by atoms with E-state index in [1.54, 1.807) is 6.20 Å². The molecule has 0 radical (unpaired) electrons. The minimum atomic E-state index is 0.0334. The molecule has 1 aliphatic heterocycles. The maximum absolute atomic E-state index is 12.5. The van der Waals surface area contributed by atoms with Gasteiger partial charge in [0.2, 0.25) is 5.91 Å². The Labute approximate surface area is 155 Å². The van der Waals surface area contributed by atoms with Crippen LogP contribution in [0.2, 0.25) is 0 Å². The second kappa shape index (κ2) is 9.22. The molecule has 3 rings (SSSR count). The Morgan fingerprint density at radius 1 is 1.27 bits per heavy atom. The largest absolute Gasteiger partial charge is 0.494 e. The van der Waals surface area contributed by atoms with Crippen LogP contribution in [-0.2, 0) is 11.2 Å². The fourth-order valence-electron chi connectivity index (χ4n) is 3.33. The van der Waals surface area contributed by atoms with E-state index in [0.29, 0.717) is 13.2 Å². The predicted molar refractivity (Wildman–Crippen MR) is 103 cm³/mol. The lowest BCUT2D eigenvalue weighted by Gasteiger charge is -2.32. The number of ether oxygens (including phenoxy) is 1. The molecule has 138 valence electrons. The summed E-state index contributed by atoms with van der Waals surface area (Å²) in [7, 11) is 0. The van der Waals surface area contributed by atoms with Crippen molar-refractivity contribution in [2.24, 2.45) is 5.92 Å². The number of anilines is 1. The third kappa shape index (κ3) is 4.97. The van der Waals surface area contributed by atoms with Gasteiger partial charge in [-0.15, -0.1) is 0 Å². The van der Waals surface area contributed by atoms with Crippen LogP contribution in [0.25, 0.3) is 0 Å². The van der Waals surface area contributed by atoms with E-state index in [1.165, 1.54) is 5.56 Å². The molecule has 5 heteroatoms. The molecule has 1 aliphatic rings. The molecular weight excluding hydrogens is 326 g/mol. The number of nitrogens with one attached hydrogen (secondary N) is 1. The zero-order chi connectivity index (χ0) is 18.2. The van der Waals surface area contributed by atoms with Crippen LogP contribution in [0.3, 0.4) is 0 Å². The second-order valence-electron chi connectivity index (χ2n) is 6.59. The first kappa shape index (κ1) is 18.2. The Kier molecular flexibility index (Phi) is 6.47. The number of piperidine rings is 1. The predicted octanol–water partition coefficient (Wildman–Crippen LogP) is 3.06. The van der Waals surface area contributed by atoms with Crippen LogP contribution in [0, 0.1) is 5.92 Å². The molecule has 0 bridgehead atoms. The number of rotatable bonds is 7. The van der Waals surface area contributed by atoms with E-state index in [9.17, 15) is 4.79 Å². The van der Waals surface area contributed by atoms with E-state index in [0.717, 1.165) is 43.9 Å². The van der Waals surface area contributed by atoms with Gasteiger partial charge >= 0.3 is 0 Å². The van der Waals surface area contributed by atoms with E-state index >= 15 is 0 Å². The van der Waals surface area contributed by atoms with Gasteiger partial charge in [0.1, 0.15) is 11.6 Å². The first-order valence-electron chi connectivity index (χ1n) is 9.41. The molecular formula is C21H27N3O2. The molecule has 0 saturated carbocycles. The number of aromatic nitrogens is 1. The minimum absolute atomic E-state index is 0.0334. The number of carbonyl (C=O) groups excluding carboxylic acids is 1.